The molecule has 0 unspecified atom stereocenters. The highest BCUT2D eigenvalue weighted by atomic mass is 35.5. The number of aryl methyl sites for hydroxylation is 1. The number of halogens is 1. The SMILES string of the molecule is Cc1ccc(NC(=O)c2cnc3c(cnn3Cc3ccccn3)c2Cl)cc1. The van der Waals surface area contributed by atoms with Crippen LogP contribution in [0, 0.1) is 6.92 Å². The molecule has 4 aromatic rings. The van der Waals surface area contributed by atoms with Gasteiger partial charge in [-0.2, -0.15) is 5.10 Å². The molecule has 7 heteroatoms. The van der Waals surface area contributed by atoms with Gasteiger partial charge < -0.3 is 5.32 Å². The summed E-state index contributed by atoms with van der Waals surface area (Å²) in [4.78, 5) is 21.3. The first-order chi connectivity index (χ1) is 13.1. The van der Waals surface area contributed by atoms with E-state index in [-0.39, 0.29) is 5.91 Å². The molecule has 27 heavy (non-hydrogen) atoms. The number of rotatable bonds is 4. The Balaban J connectivity index is 1.62. The molecule has 1 N–H and O–H groups in total. The number of anilines is 1. The highest BCUT2D eigenvalue weighted by Crippen LogP contribution is 2.26. The molecule has 0 spiro atoms. The third-order valence-corrected chi connectivity index (χ3v) is 4.60. The van der Waals surface area contributed by atoms with Gasteiger partial charge in [0.2, 0.25) is 0 Å². The second-order valence-corrected chi connectivity index (χ2v) is 6.54. The average Bonchev–Trinajstić information content (AvgIpc) is 3.08. The molecule has 0 bridgehead atoms. The Morgan fingerprint density at radius 2 is 1.93 bits per heavy atom. The van der Waals surface area contributed by atoms with Gasteiger partial charge in [0.25, 0.3) is 5.91 Å². The van der Waals surface area contributed by atoms with E-state index in [9.17, 15) is 4.79 Å². The summed E-state index contributed by atoms with van der Waals surface area (Å²) in [5.74, 6) is -0.310. The van der Waals surface area contributed by atoms with Crippen molar-refractivity contribution < 1.29 is 4.79 Å². The van der Waals surface area contributed by atoms with Crippen molar-refractivity contribution in [3.63, 3.8) is 0 Å². The van der Waals surface area contributed by atoms with Gasteiger partial charge in [-0.05, 0) is 31.2 Å². The lowest BCUT2D eigenvalue weighted by Crippen LogP contribution is -2.13. The number of hydrogen-bond acceptors (Lipinski definition) is 4. The van der Waals surface area contributed by atoms with Crippen LogP contribution in [0.25, 0.3) is 11.0 Å². The van der Waals surface area contributed by atoms with Gasteiger partial charge in [0.05, 0.1) is 34.4 Å². The van der Waals surface area contributed by atoms with Crippen LogP contribution >= 0.6 is 11.6 Å². The van der Waals surface area contributed by atoms with Gasteiger partial charge in [-0.3, -0.25) is 9.78 Å². The number of amides is 1. The van der Waals surface area contributed by atoms with E-state index >= 15 is 0 Å². The van der Waals surface area contributed by atoms with Gasteiger partial charge in [-0.15, -0.1) is 0 Å². The number of benzene rings is 1. The normalized spacial score (nSPS) is 10.9. The number of aromatic nitrogens is 4. The monoisotopic (exact) mass is 377 g/mol. The summed E-state index contributed by atoms with van der Waals surface area (Å²) in [6.07, 6.45) is 4.83. The molecule has 0 radical (unpaired) electrons. The molecule has 0 atom stereocenters. The molecule has 0 fully saturated rings. The molecule has 0 aliphatic carbocycles. The third kappa shape index (κ3) is 3.52. The molecule has 4 rings (SSSR count). The Morgan fingerprint density at radius 1 is 1.11 bits per heavy atom. The van der Waals surface area contributed by atoms with Gasteiger partial charge in [0.1, 0.15) is 0 Å². The lowest BCUT2D eigenvalue weighted by Gasteiger charge is -2.08. The van der Waals surface area contributed by atoms with E-state index in [4.69, 9.17) is 11.6 Å². The van der Waals surface area contributed by atoms with Crippen LogP contribution in [0.1, 0.15) is 21.6 Å². The molecular weight excluding hydrogens is 362 g/mol. The fourth-order valence-corrected chi connectivity index (χ4v) is 3.02. The van der Waals surface area contributed by atoms with Gasteiger partial charge in [0, 0.05) is 18.1 Å². The molecule has 134 valence electrons. The van der Waals surface area contributed by atoms with Crippen LogP contribution in [0.5, 0.6) is 0 Å². The van der Waals surface area contributed by atoms with E-state index in [1.54, 1.807) is 17.1 Å². The zero-order valence-corrected chi connectivity index (χ0v) is 15.3. The van der Waals surface area contributed by atoms with E-state index in [0.29, 0.717) is 33.9 Å². The summed E-state index contributed by atoms with van der Waals surface area (Å²) in [6, 6.07) is 13.2. The Bertz CT molecular complexity index is 1110. The highest BCUT2D eigenvalue weighted by Gasteiger charge is 2.17. The first-order valence-corrected chi connectivity index (χ1v) is 8.77. The van der Waals surface area contributed by atoms with Gasteiger partial charge in [0.15, 0.2) is 5.65 Å². The molecule has 0 aliphatic rings. The van der Waals surface area contributed by atoms with Gasteiger partial charge in [-0.1, -0.05) is 35.4 Å². The smallest absolute Gasteiger partial charge is 0.258 e. The standard InChI is InChI=1S/C20H16ClN5O/c1-13-5-7-14(8-6-13)25-20(27)17-10-23-19-16(18(17)21)11-24-26(19)12-15-4-2-3-9-22-15/h2-11H,12H2,1H3,(H,25,27). The number of hydrogen-bond donors (Lipinski definition) is 1. The summed E-state index contributed by atoms with van der Waals surface area (Å²) in [6.45, 7) is 2.46. The maximum atomic E-state index is 12.6. The molecule has 1 amide bonds. The number of nitrogens with one attached hydrogen (secondary N) is 1. The summed E-state index contributed by atoms with van der Waals surface area (Å²) >= 11 is 6.47. The van der Waals surface area contributed by atoms with Crippen LogP contribution in [-0.4, -0.2) is 25.7 Å². The zero-order chi connectivity index (χ0) is 18.8. The number of nitrogens with zero attached hydrogens (tertiary/aromatic N) is 4. The van der Waals surface area contributed by atoms with Crippen molar-refractivity contribution in [1.82, 2.24) is 19.7 Å². The summed E-state index contributed by atoms with van der Waals surface area (Å²) in [5, 5.41) is 8.14. The maximum absolute atomic E-state index is 12.6. The molecule has 3 aromatic heterocycles. The van der Waals surface area contributed by atoms with Crippen molar-refractivity contribution in [2.45, 2.75) is 13.5 Å². The van der Waals surface area contributed by atoms with Gasteiger partial charge >= 0.3 is 0 Å². The summed E-state index contributed by atoms with van der Waals surface area (Å²) < 4.78 is 1.71. The van der Waals surface area contributed by atoms with Crippen LogP contribution in [0.2, 0.25) is 5.02 Å². The molecular formula is C20H16ClN5O. The number of carbonyl (C=O) groups excluding carboxylic acids is 1. The maximum Gasteiger partial charge on any atom is 0.258 e. The van der Waals surface area contributed by atoms with Crippen LogP contribution in [-0.2, 0) is 6.54 Å². The van der Waals surface area contributed by atoms with Crippen LogP contribution in [0.3, 0.4) is 0 Å². The van der Waals surface area contributed by atoms with E-state index in [1.807, 2.05) is 49.4 Å². The fraction of sp³-hybridized carbons (Fsp3) is 0.100. The van der Waals surface area contributed by atoms with Gasteiger partial charge in [-0.25, -0.2) is 9.67 Å². The molecule has 3 heterocycles. The Hall–Kier alpha value is -3.25. The molecule has 6 nitrogen and oxygen atoms in total. The second kappa shape index (κ2) is 7.17. The van der Waals surface area contributed by atoms with Crippen LogP contribution in [0.15, 0.2) is 61.1 Å². The van der Waals surface area contributed by atoms with E-state index in [1.165, 1.54) is 6.20 Å². The minimum atomic E-state index is -0.310. The molecule has 0 aliphatic heterocycles. The van der Waals surface area contributed by atoms with Crippen molar-refractivity contribution in [2.75, 3.05) is 5.32 Å². The van der Waals surface area contributed by atoms with Crippen molar-refractivity contribution in [2.24, 2.45) is 0 Å². The molecule has 0 saturated heterocycles. The van der Waals surface area contributed by atoms with E-state index in [0.717, 1.165) is 11.3 Å². The average molecular weight is 378 g/mol. The molecule has 0 saturated carbocycles. The summed E-state index contributed by atoms with van der Waals surface area (Å²) in [7, 11) is 0. The Labute approximate surface area is 160 Å². The topological polar surface area (TPSA) is 72.7 Å². The Kier molecular flexibility index (Phi) is 4.56. The van der Waals surface area contributed by atoms with E-state index < -0.39 is 0 Å². The highest BCUT2D eigenvalue weighted by molar-refractivity contribution is 6.38. The minimum absolute atomic E-state index is 0.308. The summed E-state index contributed by atoms with van der Waals surface area (Å²) in [5.41, 5.74) is 3.60. The zero-order valence-electron chi connectivity index (χ0n) is 14.6. The minimum Gasteiger partial charge on any atom is -0.322 e. The predicted molar refractivity (Wildman–Crippen MR) is 105 cm³/mol. The molecule has 1 aromatic carbocycles. The number of fused-ring (bicyclic) bond motifs is 1. The van der Waals surface area contributed by atoms with Crippen LogP contribution < -0.4 is 5.32 Å². The Morgan fingerprint density at radius 3 is 2.67 bits per heavy atom. The first-order valence-electron chi connectivity index (χ1n) is 8.40. The largest absolute Gasteiger partial charge is 0.322 e. The second-order valence-electron chi connectivity index (χ2n) is 6.17. The lowest BCUT2D eigenvalue weighted by atomic mass is 10.2. The van der Waals surface area contributed by atoms with Crippen molar-refractivity contribution in [3.05, 3.63) is 82.9 Å². The van der Waals surface area contributed by atoms with Crippen molar-refractivity contribution >= 4 is 34.2 Å². The van der Waals surface area contributed by atoms with Crippen molar-refractivity contribution in [3.8, 4) is 0 Å². The number of carbonyl (C=O) groups is 1. The number of pyridine rings is 2. The first kappa shape index (κ1) is 17.2. The third-order valence-electron chi connectivity index (χ3n) is 4.19. The lowest BCUT2D eigenvalue weighted by molar-refractivity contribution is 0.102. The van der Waals surface area contributed by atoms with Crippen molar-refractivity contribution in [1.29, 1.82) is 0 Å². The predicted octanol–water partition coefficient (Wildman–Crippen LogP) is 4.09. The van der Waals surface area contributed by atoms with Crippen LogP contribution in [0.4, 0.5) is 5.69 Å². The fourth-order valence-electron chi connectivity index (χ4n) is 2.75. The van der Waals surface area contributed by atoms with E-state index in [2.05, 4.69) is 20.4 Å². The quantitative estimate of drug-likeness (QED) is 0.581.